The highest BCUT2D eigenvalue weighted by molar-refractivity contribution is 5.95. The van der Waals surface area contributed by atoms with E-state index in [9.17, 15) is 9.59 Å². The van der Waals surface area contributed by atoms with E-state index in [1.54, 1.807) is 0 Å². The first-order valence-corrected chi connectivity index (χ1v) is 7.91. The summed E-state index contributed by atoms with van der Waals surface area (Å²) in [5, 5.41) is 2.74. The molecule has 3 fully saturated rings. The van der Waals surface area contributed by atoms with Crippen LogP contribution in [0.5, 0.6) is 0 Å². The zero-order chi connectivity index (χ0) is 14.3. The second kappa shape index (κ2) is 5.35. The van der Waals surface area contributed by atoms with Crippen molar-refractivity contribution in [1.82, 2.24) is 15.1 Å². The second-order valence-corrected chi connectivity index (χ2v) is 6.72. The third-order valence-electron chi connectivity index (χ3n) is 5.09. The Kier molecular flexibility index (Phi) is 3.71. The fourth-order valence-electron chi connectivity index (χ4n) is 4.15. The van der Waals surface area contributed by atoms with Crippen LogP contribution in [0.3, 0.4) is 0 Å². The minimum atomic E-state index is -0.283. The number of carbonyl (C=O) groups excluding carboxylic acids is 2. The quantitative estimate of drug-likeness (QED) is 0.805. The molecule has 0 radical (unpaired) electrons. The van der Waals surface area contributed by atoms with Crippen LogP contribution in [0.25, 0.3) is 0 Å². The van der Waals surface area contributed by atoms with Gasteiger partial charge in [0.1, 0.15) is 6.04 Å². The number of rotatable bonds is 2. The van der Waals surface area contributed by atoms with Crippen molar-refractivity contribution in [2.45, 2.75) is 57.7 Å². The zero-order valence-corrected chi connectivity index (χ0v) is 12.5. The maximum Gasteiger partial charge on any atom is 0.243 e. The van der Waals surface area contributed by atoms with Gasteiger partial charge in [0.2, 0.25) is 11.8 Å². The largest absolute Gasteiger partial charge is 0.345 e. The van der Waals surface area contributed by atoms with E-state index in [0.29, 0.717) is 6.04 Å². The topological polar surface area (TPSA) is 52.7 Å². The summed E-state index contributed by atoms with van der Waals surface area (Å²) in [6, 6.07) is 0.592. The van der Waals surface area contributed by atoms with E-state index >= 15 is 0 Å². The van der Waals surface area contributed by atoms with Gasteiger partial charge in [0.05, 0.1) is 6.54 Å². The number of piperidine rings is 1. The summed E-state index contributed by atoms with van der Waals surface area (Å²) in [5.41, 5.74) is 0. The SMILES string of the molecule is CC(C)C1C(=O)NCC(=O)N1C1CCN2CCCC2C1. The van der Waals surface area contributed by atoms with Gasteiger partial charge in [-0.3, -0.25) is 9.59 Å². The summed E-state index contributed by atoms with van der Waals surface area (Å²) in [6.45, 7) is 6.51. The average Bonchev–Trinajstić information content (AvgIpc) is 2.87. The number of piperazine rings is 1. The molecule has 0 aromatic heterocycles. The first-order valence-electron chi connectivity index (χ1n) is 7.91. The van der Waals surface area contributed by atoms with E-state index in [1.165, 1.54) is 19.4 Å². The molecule has 3 unspecified atom stereocenters. The molecule has 2 amide bonds. The van der Waals surface area contributed by atoms with E-state index in [-0.39, 0.29) is 36.4 Å². The zero-order valence-electron chi connectivity index (χ0n) is 12.5. The number of nitrogens with one attached hydrogen (secondary N) is 1. The molecule has 5 nitrogen and oxygen atoms in total. The maximum atomic E-state index is 12.3. The number of hydrogen-bond donors (Lipinski definition) is 1. The van der Waals surface area contributed by atoms with Gasteiger partial charge in [0.15, 0.2) is 0 Å². The molecule has 0 saturated carbocycles. The molecule has 0 spiro atoms. The van der Waals surface area contributed by atoms with Gasteiger partial charge in [0, 0.05) is 18.6 Å². The van der Waals surface area contributed by atoms with Crippen molar-refractivity contribution < 1.29 is 9.59 Å². The first kappa shape index (κ1) is 13.9. The summed E-state index contributed by atoms with van der Waals surface area (Å²) in [4.78, 5) is 29.0. The molecular formula is C15H25N3O2. The number of amides is 2. The minimum absolute atomic E-state index is 0.0217. The van der Waals surface area contributed by atoms with Gasteiger partial charge in [-0.05, 0) is 38.1 Å². The number of nitrogens with zero attached hydrogens (tertiary/aromatic N) is 2. The molecule has 3 aliphatic heterocycles. The number of fused-ring (bicyclic) bond motifs is 1. The van der Waals surface area contributed by atoms with Crippen LogP contribution in [0, 0.1) is 5.92 Å². The Hall–Kier alpha value is -1.10. The number of hydrogen-bond acceptors (Lipinski definition) is 3. The molecule has 3 heterocycles. The lowest BCUT2D eigenvalue weighted by Gasteiger charge is -2.46. The van der Waals surface area contributed by atoms with Crippen LogP contribution in [0.15, 0.2) is 0 Å². The maximum absolute atomic E-state index is 12.3. The fraction of sp³-hybridized carbons (Fsp3) is 0.867. The number of carbonyl (C=O) groups is 2. The normalized spacial score (nSPS) is 35.4. The van der Waals surface area contributed by atoms with Crippen LogP contribution < -0.4 is 5.32 Å². The molecule has 0 aromatic rings. The highest BCUT2D eigenvalue weighted by atomic mass is 16.2. The average molecular weight is 279 g/mol. The Morgan fingerprint density at radius 3 is 2.70 bits per heavy atom. The summed E-state index contributed by atoms with van der Waals surface area (Å²) in [5.74, 6) is 0.286. The Labute approximate surface area is 120 Å². The summed E-state index contributed by atoms with van der Waals surface area (Å²) in [7, 11) is 0. The summed E-state index contributed by atoms with van der Waals surface area (Å²) < 4.78 is 0. The van der Waals surface area contributed by atoms with Gasteiger partial charge in [0.25, 0.3) is 0 Å². The molecule has 3 aliphatic rings. The second-order valence-electron chi connectivity index (χ2n) is 6.72. The van der Waals surface area contributed by atoms with Crippen molar-refractivity contribution in [2.24, 2.45) is 5.92 Å². The monoisotopic (exact) mass is 279 g/mol. The molecule has 20 heavy (non-hydrogen) atoms. The molecule has 5 heteroatoms. The van der Waals surface area contributed by atoms with Crippen LogP contribution in [0.2, 0.25) is 0 Å². The fourth-order valence-corrected chi connectivity index (χ4v) is 4.15. The van der Waals surface area contributed by atoms with Crippen molar-refractivity contribution in [2.75, 3.05) is 19.6 Å². The Morgan fingerprint density at radius 2 is 1.95 bits per heavy atom. The van der Waals surface area contributed by atoms with Gasteiger partial charge in [-0.15, -0.1) is 0 Å². The first-order chi connectivity index (χ1) is 9.58. The third kappa shape index (κ3) is 2.32. The predicted molar refractivity (Wildman–Crippen MR) is 76.1 cm³/mol. The van der Waals surface area contributed by atoms with Crippen LogP contribution >= 0.6 is 0 Å². The van der Waals surface area contributed by atoms with Crippen LogP contribution in [-0.2, 0) is 9.59 Å². The molecule has 3 rings (SSSR count). The van der Waals surface area contributed by atoms with E-state index < -0.39 is 0 Å². The molecule has 3 atom stereocenters. The standard InChI is InChI=1S/C15H25N3O2/c1-10(2)14-15(20)16-9-13(19)18(14)12-5-7-17-6-3-4-11(17)8-12/h10-12,14H,3-9H2,1-2H3,(H,16,20). The van der Waals surface area contributed by atoms with Crippen LogP contribution in [0.1, 0.15) is 39.5 Å². The third-order valence-corrected chi connectivity index (χ3v) is 5.09. The lowest BCUT2D eigenvalue weighted by atomic mass is 9.91. The molecule has 3 saturated heterocycles. The molecule has 112 valence electrons. The van der Waals surface area contributed by atoms with Crippen LogP contribution in [0.4, 0.5) is 0 Å². The Bertz CT molecular complexity index is 410. The van der Waals surface area contributed by atoms with E-state index in [1.807, 2.05) is 18.7 Å². The molecule has 0 aromatic carbocycles. The van der Waals surface area contributed by atoms with Crippen molar-refractivity contribution in [3.8, 4) is 0 Å². The lowest BCUT2D eigenvalue weighted by Crippen LogP contribution is -2.64. The van der Waals surface area contributed by atoms with Gasteiger partial charge in [-0.25, -0.2) is 0 Å². The Morgan fingerprint density at radius 1 is 1.15 bits per heavy atom. The van der Waals surface area contributed by atoms with Crippen molar-refractivity contribution in [1.29, 1.82) is 0 Å². The van der Waals surface area contributed by atoms with E-state index in [2.05, 4.69) is 10.2 Å². The smallest absolute Gasteiger partial charge is 0.243 e. The molecule has 1 N–H and O–H groups in total. The molecular weight excluding hydrogens is 254 g/mol. The predicted octanol–water partition coefficient (Wildman–Crippen LogP) is 0.596. The highest BCUT2D eigenvalue weighted by Gasteiger charge is 2.43. The van der Waals surface area contributed by atoms with Gasteiger partial charge in [-0.1, -0.05) is 13.8 Å². The van der Waals surface area contributed by atoms with Crippen molar-refractivity contribution >= 4 is 11.8 Å². The van der Waals surface area contributed by atoms with Crippen LogP contribution in [-0.4, -0.2) is 59.4 Å². The lowest BCUT2D eigenvalue weighted by molar-refractivity contribution is -0.151. The van der Waals surface area contributed by atoms with E-state index in [4.69, 9.17) is 0 Å². The van der Waals surface area contributed by atoms with Gasteiger partial charge < -0.3 is 15.1 Å². The van der Waals surface area contributed by atoms with Crippen molar-refractivity contribution in [3.05, 3.63) is 0 Å². The summed E-state index contributed by atoms with van der Waals surface area (Å²) in [6.07, 6.45) is 4.58. The molecule has 0 aliphatic carbocycles. The van der Waals surface area contributed by atoms with Gasteiger partial charge >= 0.3 is 0 Å². The summed E-state index contributed by atoms with van der Waals surface area (Å²) >= 11 is 0. The Balaban J connectivity index is 1.78. The van der Waals surface area contributed by atoms with Gasteiger partial charge in [-0.2, -0.15) is 0 Å². The highest BCUT2D eigenvalue weighted by Crippen LogP contribution is 2.32. The van der Waals surface area contributed by atoms with Crippen molar-refractivity contribution in [3.63, 3.8) is 0 Å². The minimum Gasteiger partial charge on any atom is -0.345 e. The van der Waals surface area contributed by atoms with E-state index in [0.717, 1.165) is 19.4 Å². The molecule has 0 bridgehead atoms.